The third kappa shape index (κ3) is 2.89. The van der Waals surface area contributed by atoms with E-state index < -0.39 is 0 Å². The number of nitrogens with one attached hydrogen (secondary N) is 1. The Hall–Kier alpha value is -0.120. The molecule has 0 spiro atoms. The molecule has 3 nitrogen and oxygen atoms in total. The van der Waals surface area contributed by atoms with Crippen molar-refractivity contribution in [3.63, 3.8) is 0 Å². The van der Waals surface area contributed by atoms with Gasteiger partial charge in [-0.1, -0.05) is 13.3 Å². The smallest absolute Gasteiger partial charge is 0.0855 e. The summed E-state index contributed by atoms with van der Waals surface area (Å²) in [4.78, 5) is 2.69. The van der Waals surface area contributed by atoms with Gasteiger partial charge in [-0.15, -0.1) is 0 Å². The highest BCUT2D eigenvalue weighted by Crippen LogP contribution is 2.50. The van der Waals surface area contributed by atoms with Crippen LogP contribution >= 0.6 is 0 Å². The maximum Gasteiger partial charge on any atom is 0.0855 e. The molecule has 2 saturated carbocycles. The molecular weight excluding hydrogens is 260 g/mol. The van der Waals surface area contributed by atoms with Crippen LogP contribution in [0, 0.1) is 17.8 Å². The topological polar surface area (TPSA) is 24.5 Å². The quantitative estimate of drug-likeness (QED) is 0.843. The average molecular weight is 292 g/mol. The molecule has 4 aliphatic rings. The Bertz CT molecular complexity index is 361. The summed E-state index contributed by atoms with van der Waals surface area (Å²) >= 11 is 0. The van der Waals surface area contributed by atoms with Crippen molar-refractivity contribution in [1.29, 1.82) is 0 Å². The van der Waals surface area contributed by atoms with Gasteiger partial charge in [-0.2, -0.15) is 0 Å². The molecule has 1 N–H and O–H groups in total. The zero-order chi connectivity index (χ0) is 14.2. The number of fused-ring (bicyclic) bond motifs is 3. The highest BCUT2D eigenvalue weighted by atomic mass is 16.5. The van der Waals surface area contributed by atoms with Gasteiger partial charge < -0.3 is 10.1 Å². The fourth-order valence-corrected chi connectivity index (χ4v) is 5.71. The number of rotatable bonds is 5. The first-order valence-corrected chi connectivity index (χ1v) is 9.42. The van der Waals surface area contributed by atoms with Crippen LogP contribution in [-0.2, 0) is 4.74 Å². The van der Waals surface area contributed by atoms with Crippen LogP contribution < -0.4 is 5.32 Å². The number of nitrogens with zero attached hydrogens (tertiary/aromatic N) is 1. The highest BCUT2D eigenvalue weighted by molar-refractivity contribution is 4.95. The number of morpholine rings is 1. The molecular formula is C18H32N2O. The van der Waals surface area contributed by atoms with E-state index in [1.165, 1.54) is 58.0 Å². The second-order valence-electron chi connectivity index (χ2n) is 8.00. The van der Waals surface area contributed by atoms with E-state index >= 15 is 0 Å². The summed E-state index contributed by atoms with van der Waals surface area (Å²) in [6.45, 7) is 6.77. The lowest BCUT2D eigenvalue weighted by atomic mass is 9.83. The molecule has 120 valence electrons. The Labute approximate surface area is 129 Å². The minimum Gasteiger partial charge on any atom is -0.374 e. The minimum absolute atomic E-state index is 0.429. The molecule has 4 fully saturated rings. The third-order valence-electron chi connectivity index (χ3n) is 6.77. The van der Waals surface area contributed by atoms with Crippen LogP contribution in [0.1, 0.15) is 51.9 Å². The molecule has 4 rings (SSSR count). The number of hydrogen-bond acceptors (Lipinski definition) is 3. The normalized spacial score (nSPS) is 44.1. The van der Waals surface area contributed by atoms with E-state index in [2.05, 4.69) is 17.1 Å². The fourth-order valence-electron chi connectivity index (χ4n) is 5.71. The van der Waals surface area contributed by atoms with E-state index in [1.807, 2.05) is 0 Å². The first kappa shape index (κ1) is 14.5. The van der Waals surface area contributed by atoms with E-state index in [-0.39, 0.29) is 0 Å². The van der Waals surface area contributed by atoms with Crippen LogP contribution in [-0.4, -0.2) is 49.3 Å². The second-order valence-corrected chi connectivity index (χ2v) is 8.00. The monoisotopic (exact) mass is 292 g/mol. The Balaban J connectivity index is 1.37. The summed E-state index contributed by atoms with van der Waals surface area (Å²) in [5.74, 6) is 3.09. The van der Waals surface area contributed by atoms with Crippen LogP contribution in [0.25, 0.3) is 0 Å². The van der Waals surface area contributed by atoms with E-state index in [9.17, 15) is 0 Å². The van der Waals surface area contributed by atoms with Gasteiger partial charge in [0.1, 0.15) is 0 Å². The molecule has 0 aromatic carbocycles. The predicted octanol–water partition coefficient (Wildman–Crippen LogP) is 2.65. The summed E-state index contributed by atoms with van der Waals surface area (Å²) in [7, 11) is 0. The lowest BCUT2D eigenvalue weighted by Gasteiger charge is -2.40. The van der Waals surface area contributed by atoms with Crippen molar-refractivity contribution < 1.29 is 4.74 Å². The minimum atomic E-state index is 0.429. The van der Waals surface area contributed by atoms with E-state index in [1.54, 1.807) is 0 Å². The molecule has 0 aromatic rings. The van der Waals surface area contributed by atoms with Crippen molar-refractivity contribution in [2.45, 2.75) is 70.1 Å². The molecule has 2 aliphatic heterocycles. The number of hydrogen-bond donors (Lipinski definition) is 1. The van der Waals surface area contributed by atoms with Gasteiger partial charge in [0.15, 0.2) is 0 Å². The van der Waals surface area contributed by atoms with Crippen molar-refractivity contribution in [3.8, 4) is 0 Å². The number of ether oxygens (including phenoxy) is 1. The molecule has 6 atom stereocenters. The SMILES string of the molecule is CCNC(CC1CC2CCC1C2)C1CN2CCCC2CO1. The van der Waals surface area contributed by atoms with Gasteiger partial charge in [-0.3, -0.25) is 4.90 Å². The number of likely N-dealkylation sites (N-methyl/N-ethyl adjacent to an activating group) is 1. The predicted molar refractivity (Wildman–Crippen MR) is 85.4 cm³/mol. The lowest BCUT2D eigenvalue weighted by molar-refractivity contribution is -0.0683. The van der Waals surface area contributed by atoms with E-state index in [4.69, 9.17) is 4.74 Å². The third-order valence-corrected chi connectivity index (χ3v) is 6.77. The zero-order valence-corrected chi connectivity index (χ0v) is 13.6. The molecule has 2 bridgehead atoms. The Morgan fingerprint density at radius 1 is 1.24 bits per heavy atom. The summed E-state index contributed by atoms with van der Waals surface area (Å²) in [6.07, 6.45) is 10.6. The van der Waals surface area contributed by atoms with Crippen molar-refractivity contribution in [2.75, 3.05) is 26.2 Å². The zero-order valence-electron chi connectivity index (χ0n) is 13.6. The summed E-state index contributed by atoms with van der Waals surface area (Å²) in [6, 6.07) is 1.31. The molecule has 3 heteroatoms. The second kappa shape index (κ2) is 6.17. The summed E-state index contributed by atoms with van der Waals surface area (Å²) in [5.41, 5.74) is 0. The van der Waals surface area contributed by atoms with E-state index in [0.29, 0.717) is 12.1 Å². The largest absolute Gasteiger partial charge is 0.374 e. The van der Waals surface area contributed by atoms with Gasteiger partial charge in [0, 0.05) is 18.6 Å². The summed E-state index contributed by atoms with van der Waals surface area (Å²) < 4.78 is 6.29. The Morgan fingerprint density at radius 2 is 2.19 bits per heavy atom. The standard InChI is InChI=1S/C18H32N2O/c1-2-19-17(10-15-9-13-5-6-14(15)8-13)18-11-20-7-3-4-16(20)12-21-18/h13-19H,2-12H2,1H3. The lowest BCUT2D eigenvalue weighted by Crippen LogP contribution is -2.54. The molecule has 6 unspecified atom stereocenters. The van der Waals surface area contributed by atoms with Gasteiger partial charge in [0.2, 0.25) is 0 Å². The van der Waals surface area contributed by atoms with Crippen molar-refractivity contribution >= 4 is 0 Å². The molecule has 2 aliphatic carbocycles. The molecule has 0 amide bonds. The van der Waals surface area contributed by atoms with Crippen LogP contribution in [0.5, 0.6) is 0 Å². The summed E-state index contributed by atoms with van der Waals surface area (Å²) in [5, 5.41) is 3.77. The van der Waals surface area contributed by atoms with Gasteiger partial charge in [0.25, 0.3) is 0 Å². The first-order valence-electron chi connectivity index (χ1n) is 9.42. The maximum atomic E-state index is 6.29. The molecule has 21 heavy (non-hydrogen) atoms. The Morgan fingerprint density at radius 3 is 2.95 bits per heavy atom. The van der Waals surface area contributed by atoms with Crippen LogP contribution in [0.15, 0.2) is 0 Å². The van der Waals surface area contributed by atoms with Crippen LogP contribution in [0.2, 0.25) is 0 Å². The Kier molecular flexibility index (Phi) is 4.25. The van der Waals surface area contributed by atoms with Gasteiger partial charge in [0.05, 0.1) is 12.7 Å². The van der Waals surface area contributed by atoms with Crippen molar-refractivity contribution in [1.82, 2.24) is 10.2 Å². The van der Waals surface area contributed by atoms with E-state index in [0.717, 1.165) is 36.9 Å². The molecule has 0 aromatic heterocycles. The van der Waals surface area contributed by atoms with Crippen molar-refractivity contribution in [3.05, 3.63) is 0 Å². The molecule has 2 saturated heterocycles. The highest BCUT2D eigenvalue weighted by Gasteiger charge is 2.42. The van der Waals surface area contributed by atoms with Crippen LogP contribution in [0.4, 0.5) is 0 Å². The van der Waals surface area contributed by atoms with Gasteiger partial charge in [-0.05, 0) is 69.4 Å². The van der Waals surface area contributed by atoms with Crippen molar-refractivity contribution in [2.24, 2.45) is 17.8 Å². The van der Waals surface area contributed by atoms with Gasteiger partial charge in [-0.25, -0.2) is 0 Å². The van der Waals surface area contributed by atoms with Gasteiger partial charge >= 0.3 is 0 Å². The fraction of sp³-hybridized carbons (Fsp3) is 1.00. The average Bonchev–Trinajstić information content (AvgIpc) is 3.22. The first-order chi connectivity index (χ1) is 10.3. The van der Waals surface area contributed by atoms with Crippen LogP contribution in [0.3, 0.4) is 0 Å². The molecule has 0 radical (unpaired) electrons. The molecule has 2 heterocycles. The maximum absolute atomic E-state index is 6.29.